The number of carbonyl (C=O) groups is 1. The fraction of sp³-hybridized carbons (Fsp3) is 0.250. The second-order valence-electron chi connectivity index (χ2n) is 7.88. The molecule has 168 valence electrons. The number of amides is 1. The molecule has 9 heteroatoms. The highest BCUT2D eigenvalue weighted by Gasteiger charge is 2.25. The maximum atomic E-state index is 13.4. The van der Waals surface area contributed by atoms with Gasteiger partial charge in [-0.2, -0.15) is 4.68 Å². The lowest BCUT2D eigenvalue weighted by Crippen LogP contribution is -2.35. The quantitative estimate of drug-likeness (QED) is 0.427. The molecule has 4 aromatic rings. The Morgan fingerprint density at radius 1 is 1.09 bits per heavy atom. The van der Waals surface area contributed by atoms with Gasteiger partial charge in [0.05, 0.1) is 12.2 Å². The van der Waals surface area contributed by atoms with Gasteiger partial charge in [-0.25, -0.2) is 14.2 Å². The summed E-state index contributed by atoms with van der Waals surface area (Å²) in [5.41, 5.74) is 2.47. The normalized spacial score (nSPS) is 13.0. The van der Waals surface area contributed by atoms with Crippen molar-refractivity contribution in [1.29, 1.82) is 0 Å². The minimum Gasteiger partial charge on any atom is -0.388 e. The largest absolute Gasteiger partial charge is 0.437 e. The zero-order chi connectivity index (χ0) is 22.8. The van der Waals surface area contributed by atoms with Crippen LogP contribution in [0.15, 0.2) is 63.8 Å². The number of fused-ring (bicyclic) bond motifs is 1. The van der Waals surface area contributed by atoms with E-state index in [9.17, 15) is 14.0 Å². The fourth-order valence-corrected chi connectivity index (χ4v) is 4.98. The highest BCUT2D eigenvalue weighted by molar-refractivity contribution is 7.15. The monoisotopic (exact) mass is 464 g/mol. The first-order chi connectivity index (χ1) is 16.1. The lowest BCUT2D eigenvalue weighted by molar-refractivity contribution is -0.119. The van der Waals surface area contributed by atoms with Crippen molar-refractivity contribution in [2.75, 3.05) is 4.90 Å². The van der Waals surface area contributed by atoms with Crippen molar-refractivity contribution in [3.63, 3.8) is 0 Å². The van der Waals surface area contributed by atoms with Gasteiger partial charge in [0.15, 0.2) is 5.13 Å². The molecule has 0 saturated carbocycles. The van der Waals surface area contributed by atoms with Crippen molar-refractivity contribution < 1.29 is 13.6 Å². The summed E-state index contributed by atoms with van der Waals surface area (Å²) >= 11 is 1.54. The number of benzene rings is 2. The van der Waals surface area contributed by atoms with Crippen LogP contribution in [-0.4, -0.2) is 20.7 Å². The zero-order valence-corrected chi connectivity index (χ0v) is 18.6. The molecule has 2 aromatic heterocycles. The molecule has 0 bridgehead atoms. The number of nitrogens with zero attached hydrogens (tertiary/aromatic N) is 4. The highest BCUT2D eigenvalue weighted by atomic mass is 32.1. The summed E-state index contributed by atoms with van der Waals surface area (Å²) in [6, 6.07) is 15.1. The van der Waals surface area contributed by atoms with Crippen LogP contribution >= 0.6 is 11.3 Å². The van der Waals surface area contributed by atoms with Gasteiger partial charge in [0.2, 0.25) is 5.89 Å². The predicted octanol–water partition coefficient (Wildman–Crippen LogP) is 4.21. The number of hydrogen-bond donors (Lipinski definition) is 0. The van der Waals surface area contributed by atoms with Gasteiger partial charge in [0, 0.05) is 10.4 Å². The van der Waals surface area contributed by atoms with Gasteiger partial charge in [-0.1, -0.05) is 30.3 Å². The Morgan fingerprint density at radius 3 is 2.61 bits per heavy atom. The van der Waals surface area contributed by atoms with Crippen molar-refractivity contribution in [3.05, 3.63) is 87.1 Å². The van der Waals surface area contributed by atoms with Crippen LogP contribution in [0.4, 0.5) is 9.52 Å². The molecule has 2 heterocycles. The molecule has 0 radical (unpaired) electrons. The number of thiazole rings is 1. The van der Waals surface area contributed by atoms with Crippen molar-refractivity contribution in [1.82, 2.24) is 14.8 Å². The Kier molecular flexibility index (Phi) is 5.87. The topological polar surface area (TPSA) is 81.2 Å². The lowest BCUT2D eigenvalue weighted by atomic mass is 10.0. The minimum absolute atomic E-state index is 0.0344. The fourth-order valence-electron chi connectivity index (χ4n) is 3.81. The van der Waals surface area contributed by atoms with Gasteiger partial charge in [-0.3, -0.25) is 9.69 Å². The number of carbonyl (C=O) groups excluding carboxylic acids is 1. The molecule has 0 spiro atoms. The van der Waals surface area contributed by atoms with E-state index >= 15 is 0 Å². The van der Waals surface area contributed by atoms with Crippen LogP contribution in [0.2, 0.25) is 0 Å². The van der Waals surface area contributed by atoms with Gasteiger partial charge in [-0.05, 0) is 55.5 Å². The first kappa shape index (κ1) is 21.3. The van der Waals surface area contributed by atoms with E-state index < -0.39 is 11.6 Å². The predicted molar refractivity (Wildman–Crippen MR) is 123 cm³/mol. The number of aryl methyl sites for hydroxylation is 2. The third-order valence-electron chi connectivity index (χ3n) is 5.53. The van der Waals surface area contributed by atoms with E-state index in [2.05, 4.69) is 5.10 Å². The van der Waals surface area contributed by atoms with E-state index in [0.717, 1.165) is 41.6 Å². The van der Waals surface area contributed by atoms with Crippen molar-refractivity contribution in [2.24, 2.45) is 0 Å². The smallest absolute Gasteiger partial charge is 0.388 e. The number of hydrogen-bond acceptors (Lipinski definition) is 6. The molecule has 0 fully saturated rings. The molecule has 0 unspecified atom stereocenters. The Bertz CT molecular complexity index is 1300. The summed E-state index contributed by atoms with van der Waals surface area (Å²) in [5.74, 6) is -1.43. The summed E-state index contributed by atoms with van der Waals surface area (Å²) in [4.78, 5) is 33.3. The molecule has 1 aliphatic rings. The number of halogens is 1. The molecule has 0 atom stereocenters. The molecular formula is C24H21FN4O3S. The Labute approximate surface area is 193 Å². The Hall–Kier alpha value is -3.59. The second kappa shape index (κ2) is 9.11. The van der Waals surface area contributed by atoms with E-state index in [1.165, 1.54) is 40.5 Å². The van der Waals surface area contributed by atoms with Crippen LogP contribution in [0.1, 0.15) is 29.0 Å². The van der Waals surface area contributed by atoms with Crippen LogP contribution in [0, 0.1) is 5.82 Å². The van der Waals surface area contributed by atoms with Crippen molar-refractivity contribution >= 4 is 22.4 Å². The molecule has 1 aliphatic carbocycles. The second-order valence-corrected chi connectivity index (χ2v) is 8.94. The summed E-state index contributed by atoms with van der Waals surface area (Å²) in [6.07, 6.45) is 4.12. The van der Waals surface area contributed by atoms with Crippen LogP contribution in [0.3, 0.4) is 0 Å². The molecule has 5 rings (SSSR count). The van der Waals surface area contributed by atoms with E-state index in [1.807, 2.05) is 30.3 Å². The van der Waals surface area contributed by atoms with Crippen LogP contribution in [-0.2, 0) is 30.7 Å². The van der Waals surface area contributed by atoms with E-state index in [1.54, 1.807) is 4.90 Å². The molecule has 1 amide bonds. The van der Waals surface area contributed by atoms with Gasteiger partial charge in [0.25, 0.3) is 5.91 Å². The van der Waals surface area contributed by atoms with Crippen molar-refractivity contribution in [3.8, 4) is 11.5 Å². The highest BCUT2D eigenvalue weighted by Crippen LogP contribution is 2.32. The molecule has 0 N–H and O–H groups in total. The summed E-state index contributed by atoms with van der Waals surface area (Å²) in [7, 11) is 0. The van der Waals surface area contributed by atoms with Crippen molar-refractivity contribution in [2.45, 2.75) is 38.8 Å². The summed E-state index contributed by atoms with van der Waals surface area (Å²) in [5, 5.41) is 4.78. The first-order valence-electron chi connectivity index (χ1n) is 10.7. The van der Waals surface area contributed by atoms with Gasteiger partial charge >= 0.3 is 5.76 Å². The number of rotatable bonds is 6. The van der Waals surface area contributed by atoms with Crippen LogP contribution in [0.25, 0.3) is 11.5 Å². The van der Waals surface area contributed by atoms with Gasteiger partial charge in [-0.15, -0.1) is 16.4 Å². The molecule has 0 aliphatic heterocycles. The average molecular weight is 465 g/mol. The van der Waals surface area contributed by atoms with Crippen LogP contribution < -0.4 is 10.7 Å². The summed E-state index contributed by atoms with van der Waals surface area (Å²) < 4.78 is 19.4. The first-order valence-corrected chi connectivity index (χ1v) is 11.6. The van der Waals surface area contributed by atoms with Gasteiger partial charge < -0.3 is 4.42 Å². The molecular weight excluding hydrogens is 443 g/mol. The molecule has 2 aromatic carbocycles. The maximum absolute atomic E-state index is 13.4. The van der Waals surface area contributed by atoms with E-state index in [-0.39, 0.29) is 18.3 Å². The minimum atomic E-state index is -0.749. The zero-order valence-electron chi connectivity index (χ0n) is 17.7. The molecule has 0 saturated heterocycles. The molecule has 33 heavy (non-hydrogen) atoms. The molecule has 7 nitrogen and oxygen atoms in total. The van der Waals surface area contributed by atoms with Crippen LogP contribution in [0.5, 0.6) is 0 Å². The lowest BCUT2D eigenvalue weighted by Gasteiger charge is -2.19. The third kappa shape index (κ3) is 4.63. The van der Waals surface area contributed by atoms with Gasteiger partial charge in [0.1, 0.15) is 12.4 Å². The maximum Gasteiger partial charge on any atom is 0.437 e. The SMILES string of the molecule is O=C(Cn1nc(-c2ccc(F)cc2)oc1=O)N(Cc1ccccc1)c1nc2c(s1)CCCC2. The third-order valence-corrected chi connectivity index (χ3v) is 6.71. The Morgan fingerprint density at radius 2 is 1.85 bits per heavy atom. The Balaban J connectivity index is 1.43. The van der Waals surface area contributed by atoms with E-state index in [4.69, 9.17) is 9.40 Å². The number of aromatic nitrogens is 3. The van der Waals surface area contributed by atoms with E-state index in [0.29, 0.717) is 17.2 Å². The number of anilines is 1. The summed E-state index contributed by atoms with van der Waals surface area (Å²) in [6.45, 7) is 0.0457. The standard InChI is InChI=1S/C24H21FN4O3S/c25-18-12-10-17(11-13-18)22-27-29(24(31)32-22)15-21(30)28(14-16-6-2-1-3-7-16)23-26-19-8-4-5-9-20(19)33-23/h1-3,6-7,10-13H,4-5,8-9,14-15H2. The average Bonchev–Trinajstić information content (AvgIpc) is 3.42.